The summed E-state index contributed by atoms with van der Waals surface area (Å²) in [6.45, 7) is 13.8. The Labute approximate surface area is 168 Å². The first-order valence-corrected chi connectivity index (χ1v) is 10.8. The molecule has 0 aliphatic carbocycles. The summed E-state index contributed by atoms with van der Waals surface area (Å²) in [5.41, 5.74) is 7.33. The van der Waals surface area contributed by atoms with Gasteiger partial charge in [0, 0.05) is 19.3 Å². The molecule has 4 heteroatoms. The Hall–Kier alpha value is -2.07. The molecule has 2 aromatic carbocycles. The van der Waals surface area contributed by atoms with E-state index in [0.717, 1.165) is 17.2 Å². The quantitative estimate of drug-likeness (QED) is 0.486. The average molecular weight is 384 g/mol. The molecular formula is C23H33N3S. The molecule has 0 aliphatic rings. The monoisotopic (exact) mass is 383 g/mol. The molecule has 27 heavy (non-hydrogen) atoms. The minimum Gasteiger partial charge on any atom is -0.373 e. The normalized spacial score (nSPS) is 10.5. The Balaban J connectivity index is 0.00000126. The molecule has 0 aliphatic heterocycles. The molecule has 1 N–H and O–H groups in total. The lowest BCUT2D eigenvalue weighted by molar-refractivity contribution is 0.768. The van der Waals surface area contributed by atoms with E-state index in [9.17, 15) is 0 Å². The first-order valence-electron chi connectivity index (χ1n) is 9.95. The highest BCUT2D eigenvalue weighted by Gasteiger charge is 2.12. The molecule has 0 saturated heterocycles. The summed E-state index contributed by atoms with van der Waals surface area (Å²) in [7, 11) is 2.17. The Morgan fingerprint density at radius 3 is 2.37 bits per heavy atom. The predicted octanol–water partition coefficient (Wildman–Crippen LogP) is 7.23. The lowest BCUT2D eigenvalue weighted by Gasteiger charge is -2.19. The second kappa shape index (κ2) is 9.75. The zero-order chi connectivity index (χ0) is 20.0. The van der Waals surface area contributed by atoms with Crippen molar-refractivity contribution in [2.45, 2.75) is 54.4 Å². The third kappa shape index (κ3) is 5.01. The minimum atomic E-state index is 0.960. The molecule has 1 heterocycles. The fourth-order valence-corrected chi connectivity index (χ4v) is 4.33. The number of aromatic nitrogens is 1. The number of rotatable bonds is 6. The topological polar surface area (TPSA) is 28.2 Å². The largest absolute Gasteiger partial charge is 0.373 e. The van der Waals surface area contributed by atoms with Gasteiger partial charge in [-0.3, -0.25) is 0 Å². The van der Waals surface area contributed by atoms with E-state index >= 15 is 0 Å². The number of hydrogen-bond donors (Lipinski definition) is 1. The second-order valence-electron chi connectivity index (χ2n) is 6.82. The molecule has 0 spiro atoms. The van der Waals surface area contributed by atoms with Gasteiger partial charge in [-0.1, -0.05) is 62.3 Å². The van der Waals surface area contributed by atoms with Gasteiger partial charge in [0.25, 0.3) is 0 Å². The molecule has 0 saturated carbocycles. The summed E-state index contributed by atoms with van der Waals surface area (Å²) >= 11 is 1.74. The molecule has 0 fully saturated rings. The van der Waals surface area contributed by atoms with Crippen LogP contribution in [0.25, 0.3) is 10.2 Å². The van der Waals surface area contributed by atoms with Crippen molar-refractivity contribution in [3.63, 3.8) is 0 Å². The van der Waals surface area contributed by atoms with E-state index in [1.165, 1.54) is 45.6 Å². The number of nitrogens with one attached hydrogen (secondary N) is 1. The van der Waals surface area contributed by atoms with E-state index in [1.54, 1.807) is 11.3 Å². The molecule has 3 nitrogen and oxygen atoms in total. The van der Waals surface area contributed by atoms with Gasteiger partial charge in [0.1, 0.15) is 0 Å². The molecular weight excluding hydrogens is 350 g/mol. The first-order chi connectivity index (χ1) is 13.0. The molecule has 146 valence electrons. The van der Waals surface area contributed by atoms with E-state index in [2.05, 4.69) is 75.3 Å². The number of anilines is 3. The number of thiazole rings is 1. The molecule has 0 unspecified atom stereocenters. The van der Waals surface area contributed by atoms with Crippen molar-refractivity contribution < 1.29 is 0 Å². The van der Waals surface area contributed by atoms with Crippen molar-refractivity contribution in [2.24, 2.45) is 0 Å². The van der Waals surface area contributed by atoms with E-state index in [1.807, 2.05) is 13.8 Å². The summed E-state index contributed by atoms with van der Waals surface area (Å²) in [6, 6.07) is 10.8. The second-order valence-corrected chi connectivity index (χ2v) is 7.82. The van der Waals surface area contributed by atoms with Gasteiger partial charge >= 0.3 is 0 Å². The van der Waals surface area contributed by atoms with Crippen molar-refractivity contribution in [1.29, 1.82) is 0 Å². The molecule has 0 atom stereocenters. The molecule has 0 bridgehead atoms. The van der Waals surface area contributed by atoms with Crippen molar-refractivity contribution >= 4 is 38.1 Å². The van der Waals surface area contributed by atoms with Crippen LogP contribution in [0.15, 0.2) is 30.3 Å². The number of nitrogens with zero attached hydrogens (tertiary/aromatic N) is 2. The van der Waals surface area contributed by atoms with Gasteiger partial charge in [-0.15, -0.1) is 0 Å². The van der Waals surface area contributed by atoms with E-state index in [-0.39, 0.29) is 0 Å². The minimum absolute atomic E-state index is 0.960. The van der Waals surface area contributed by atoms with Crippen LogP contribution in [0, 0.1) is 20.8 Å². The van der Waals surface area contributed by atoms with Crippen molar-refractivity contribution in [3.05, 3.63) is 47.0 Å². The van der Waals surface area contributed by atoms with Crippen LogP contribution in [0.3, 0.4) is 0 Å². The maximum Gasteiger partial charge on any atom is 0.188 e. The standard InChI is InChI=1S/C21H27N3S.C2H6/c1-6-7-11-24(5)18-10-8-9-17-20(18)25-21(22-17)23-19-15(3)12-14(2)13-16(19)4;1-2/h8-10,12-13H,6-7,11H2,1-5H3,(H,22,23);1-2H3. The fourth-order valence-electron chi connectivity index (χ4n) is 3.29. The Kier molecular flexibility index (Phi) is 7.66. The molecule has 3 aromatic rings. The third-order valence-electron chi connectivity index (χ3n) is 4.56. The summed E-state index contributed by atoms with van der Waals surface area (Å²) in [5, 5.41) is 4.51. The van der Waals surface area contributed by atoms with Crippen LogP contribution in [0.1, 0.15) is 50.3 Å². The average Bonchev–Trinajstić information content (AvgIpc) is 3.07. The molecule has 1 aromatic heterocycles. The van der Waals surface area contributed by atoms with Gasteiger partial charge < -0.3 is 10.2 Å². The summed E-state index contributed by atoms with van der Waals surface area (Å²) < 4.78 is 1.26. The van der Waals surface area contributed by atoms with Gasteiger partial charge in [0.05, 0.1) is 15.9 Å². The lowest BCUT2D eigenvalue weighted by atomic mass is 10.1. The number of benzene rings is 2. The first kappa shape index (κ1) is 21.2. The highest BCUT2D eigenvalue weighted by atomic mass is 32.1. The summed E-state index contributed by atoms with van der Waals surface area (Å²) in [4.78, 5) is 7.16. The maximum atomic E-state index is 4.82. The number of fused-ring (bicyclic) bond motifs is 1. The fraction of sp³-hybridized carbons (Fsp3) is 0.435. The third-order valence-corrected chi connectivity index (χ3v) is 5.57. The summed E-state index contributed by atoms with van der Waals surface area (Å²) in [6.07, 6.45) is 2.42. The van der Waals surface area contributed by atoms with Crippen molar-refractivity contribution in [3.8, 4) is 0 Å². The zero-order valence-corrected chi connectivity index (χ0v) is 18.6. The highest BCUT2D eigenvalue weighted by Crippen LogP contribution is 2.36. The van der Waals surface area contributed by atoms with Gasteiger partial charge in [-0.2, -0.15) is 0 Å². The van der Waals surface area contributed by atoms with Crippen molar-refractivity contribution in [1.82, 2.24) is 4.98 Å². The van der Waals surface area contributed by atoms with Crippen LogP contribution in [-0.2, 0) is 0 Å². The van der Waals surface area contributed by atoms with Gasteiger partial charge in [-0.05, 0) is 50.5 Å². The van der Waals surface area contributed by atoms with Crippen molar-refractivity contribution in [2.75, 3.05) is 23.8 Å². The van der Waals surface area contributed by atoms with E-state index in [0.29, 0.717) is 0 Å². The Bertz CT molecular complexity index is 859. The Morgan fingerprint density at radius 2 is 1.74 bits per heavy atom. The molecule has 0 amide bonds. The van der Waals surface area contributed by atoms with Crippen LogP contribution in [-0.4, -0.2) is 18.6 Å². The van der Waals surface area contributed by atoms with Crippen LogP contribution >= 0.6 is 11.3 Å². The number of hydrogen-bond acceptors (Lipinski definition) is 4. The maximum absolute atomic E-state index is 4.82. The highest BCUT2D eigenvalue weighted by molar-refractivity contribution is 7.22. The zero-order valence-electron chi connectivity index (χ0n) is 17.8. The summed E-state index contributed by atoms with van der Waals surface area (Å²) in [5.74, 6) is 0. The SMILES string of the molecule is CC.CCCCN(C)c1cccc2nc(Nc3c(C)cc(C)cc3C)sc12. The van der Waals surface area contributed by atoms with Gasteiger partial charge in [0.2, 0.25) is 0 Å². The van der Waals surface area contributed by atoms with Crippen LogP contribution in [0.5, 0.6) is 0 Å². The van der Waals surface area contributed by atoms with E-state index < -0.39 is 0 Å². The predicted molar refractivity (Wildman–Crippen MR) is 123 cm³/mol. The number of aryl methyl sites for hydroxylation is 3. The van der Waals surface area contributed by atoms with E-state index in [4.69, 9.17) is 4.98 Å². The number of unbranched alkanes of at least 4 members (excludes halogenated alkanes) is 1. The molecule has 0 radical (unpaired) electrons. The van der Waals surface area contributed by atoms with Crippen LogP contribution in [0.4, 0.5) is 16.5 Å². The van der Waals surface area contributed by atoms with Crippen LogP contribution in [0.2, 0.25) is 0 Å². The van der Waals surface area contributed by atoms with Gasteiger partial charge in [-0.25, -0.2) is 4.98 Å². The lowest BCUT2D eigenvalue weighted by Crippen LogP contribution is -2.18. The van der Waals surface area contributed by atoms with Gasteiger partial charge in [0.15, 0.2) is 5.13 Å². The smallest absolute Gasteiger partial charge is 0.188 e. The molecule has 3 rings (SSSR count). The van der Waals surface area contributed by atoms with Crippen LogP contribution < -0.4 is 10.2 Å². The Morgan fingerprint density at radius 1 is 1.07 bits per heavy atom.